The molecule has 2 nitrogen and oxygen atoms in total. The number of nitrogens with zero attached hydrogens (tertiary/aromatic N) is 1. The van der Waals surface area contributed by atoms with E-state index in [4.69, 9.17) is 9.72 Å². The van der Waals surface area contributed by atoms with Crippen molar-refractivity contribution in [2.75, 3.05) is 0 Å². The summed E-state index contributed by atoms with van der Waals surface area (Å²) in [6.45, 7) is 0. The number of benzene rings is 3. The number of hydrogen-bond donors (Lipinski definition) is 0. The number of rotatable bonds is 3. The van der Waals surface area contributed by atoms with Crippen molar-refractivity contribution >= 4 is 10.9 Å². The van der Waals surface area contributed by atoms with Crippen LogP contribution >= 0.6 is 0 Å². The highest BCUT2D eigenvalue weighted by Crippen LogP contribution is 2.36. The number of hydrogen-bond acceptors (Lipinski definition) is 2. The Kier molecular flexibility index (Phi) is 4.28. The van der Waals surface area contributed by atoms with Gasteiger partial charge in [-0.25, -0.2) is 4.98 Å². The molecule has 1 heterocycles. The van der Waals surface area contributed by atoms with Crippen LogP contribution in [0.4, 0.5) is 13.2 Å². The molecule has 0 amide bonds. The van der Waals surface area contributed by atoms with Crippen molar-refractivity contribution < 1.29 is 17.9 Å². The highest BCUT2D eigenvalue weighted by molar-refractivity contribution is 5.85. The van der Waals surface area contributed by atoms with Crippen LogP contribution in [0.1, 0.15) is 5.56 Å². The Bertz CT molecular complexity index is 1070. The summed E-state index contributed by atoms with van der Waals surface area (Å²) in [5, 5.41) is 0.888. The van der Waals surface area contributed by atoms with Crippen LogP contribution in [0.5, 0.6) is 11.5 Å². The summed E-state index contributed by atoms with van der Waals surface area (Å²) < 4.78 is 44.2. The molecule has 3 aromatic carbocycles. The highest BCUT2D eigenvalue weighted by Gasteiger charge is 2.30. The van der Waals surface area contributed by atoms with Crippen molar-refractivity contribution in [2.45, 2.75) is 6.18 Å². The molecule has 0 saturated carbocycles. The maximum atomic E-state index is 12.8. The molecular weight excluding hydrogens is 351 g/mol. The predicted molar refractivity (Wildman–Crippen MR) is 98.7 cm³/mol. The fraction of sp³-hybridized carbons (Fsp3) is 0.0455. The molecule has 5 heteroatoms. The lowest BCUT2D eigenvalue weighted by Gasteiger charge is -2.13. The number of pyridine rings is 1. The SMILES string of the molecule is FC(F)(F)c1ccc(Oc2cc3ccccc3nc2-c2ccccc2)cc1. The van der Waals surface area contributed by atoms with Crippen LogP contribution in [0, 0.1) is 0 Å². The first-order chi connectivity index (χ1) is 13.0. The largest absolute Gasteiger partial charge is 0.455 e. The van der Waals surface area contributed by atoms with Crippen LogP contribution in [-0.4, -0.2) is 4.98 Å². The van der Waals surface area contributed by atoms with Crippen LogP contribution in [0.3, 0.4) is 0 Å². The van der Waals surface area contributed by atoms with Gasteiger partial charge in [0.15, 0.2) is 5.75 Å². The molecule has 0 atom stereocenters. The van der Waals surface area contributed by atoms with E-state index in [1.807, 2.05) is 60.7 Å². The normalized spacial score (nSPS) is 11.5. The third-order valence-corrected chi connectivity index (χ3v) is 4.15. The van der Waals surface area contributed by atoms with Gasteiger partial charge in [-0.05, 0) is 36.4 Å². The first-order valence-electron chi connectivity index (χ1n) is 8.31. The van der Waals surface area contributed by atoms with Crippen molar-refractivity contribution in [1.82, 2.24) is 4.98 Å². The summed E-state index contributed by atoms with van der Waals surface area (Å²) in [7, 11) is 0. The molecule has 0 saturated heterocycles. The van der Waals surface area contributed by atoms with Crippen molar-refractivity contribution in [1.29, 1.82) is 0 Å². The molecule has 0 spiro atoms. The van der Waals surface area contributed by atoms with Gasteiger partial charge in [0, 0.05) is 10.9 Å². The Morgan fingerprint density at radius 3 is 2.11 bits per heavy atom. The Morgan fingerprint density at radius 1 is 0.741 bits per heavy atom. The van der Waals surface area contributed by atoms with Crippen LogP contribution in [0.2, 0.25) is 0 Å². The quantitative estimate of drug-likeness (QED) is 0.402. The van der Waals surface area contributed by atoms with E-state index in [-0.39, 0.29) is 0 Å². The Morgan fingerprint density at radius 2 is 1.41 bits per heavy atom. The minimum Gasteiger partial charge on any atom is -0.455 e. The monoisotopic (exact) mass is 365 g/mol. The molecule has 0 radical (unpaired) electrons. The zero-order valence-electron chi connectivity index (χ0n) is 14.1. The van der Waals surface area contributed by atoms with E-state index in [0.717, 1.165) is 28.6 Å². The van der Waals surface area contributed by atoms with Gasteiger partial charge in [0.25, 0.3) is 0 Å². The third kappa shape index (κ3) is 3.62. The van der Waals surface area contributed by atoms with E-state index >= 15 is 0 Å². The van der Waals surface area contributed by atoms with E-state index in [2.05, 4.69) is 0 Å². The van der Waals surface area contributed by atoms with Gasteiger partial charge in [0.1, 0.15) is 11.4 Å². The average Bonchev–Trinajstić information content (AvgIpc) is 2.68. The maximum absolute atomic E-state index is 12.8. The van der Waals surface area contributed by atoms with Crippen LogP contribution in [0.15, 0.2) is 84.9 Å². The van der Waals surface area contributed by atoms with E-state index in [1.54, 1.807) is 0 Å². The molecule has 4 rings (SSSR count). The molecule has 0 unspecified atom stereocenters. The standard InChI is InChI=1S/C22H14F3NO/c23-22(24,25)17-10-12-18(13-11-17)27-20-14-16-8-4-5-9-19(16)26-21(20)15-6-2-1-3-7-15/h1-14H. The van der Waals surface area contributed by atoms with Crippen molar-refractivity contribution in [3.8, 4) is 22.8 Å². The fourth-order valence-electron chi connectivity index (χ4n) is 2.82. The van der Waals surface area contributed by atoms with Crippen LogP contribution in [0.25, 0.3) is 22.2 Å². The number of para-hydroxylation sites is 1. The Hall–Kier alpha value is -3.34. The molecule has 0 aliphatic carbocycles. The molecule has 4 aromatic rings. The molecule has 0 aliphatic rings. The number of halogens is 3. The summed E-state index contributed by atoms with van der Waals surface area (Å²) in [5.74, 6) is 0.803. The average molecular weight is 365 g/mol. The summed E-state index contributed by atoms with van der Waals surface area (Å²) in [6, 6.07) is 23.6. The fourth-order valence-corrected chi connectivity index (χ4v) is 2.82. The Labute approximate surface area is 153 Å². The second kappa shape index (κ2) is 6.76. The first-order valence-corrected chi connectivity index (χ1v) is 8.31. The number of aromatic nitrogens is 1. The van der Waals surface area contributed by atoms with Crippen molar-refractivity contribution in [3.63, 3.8) is 0 Å². The number of fused-ring (bicyclic) bond motifs is 1. The molecule has 0 bridgehead atoms. The van der Waals surface area contributed by atoms with Gasteiger partial charge in [0.05, 0.1) is 11.1 Å². The van der Waals surface area contributed by atoms with Gasteiger partial charge in [-0.3, -0.25) is 0 Å². The zero-order valence-corrected chi connectivity index (χ0v) is 14.1. The zero-order chi connectivity index (χ0) is 18.9. The van der Waals surface area contributed by atoms with E-state index in [0.29, 0.717) is 17.2 Å². The van der Waals surface area contributed by atoms with Gasteiger partial charge in [-0.2, -0.15) is 13.2 Å². The van der Waals surface area contributed by atoms with Crippen molar-refractivity contribution in [2.24, 2.45) is 0 Å². The molecule has 0 fully saturated rings. The second-order valence-electron chi connectivity index (χ2n) is 6.02. The molecular formula is C22H14F3NO. The summed E-state index contributed by atoms with van der Waals surface area (Å²) in [6.07, 6.45) is -4.38. The summed E-state index contributed by atoms with van der Waals surface area (Å²) in [5.41, 5.74) is 1.60. The minimum atomic E-state index is -4.38. The van der Waals surface area contributed by atoms with Gasteiger partial charge in [0.2, 0.25) is 0 Å². The van der Waals surface area contributed by atoms with Gasteiger partial charge < -0.3 is 4.74 Å². The lowest BCUT2D eigenvalue weighted by Crippen LogP contribution is -2.04. The molecule has 0 aliphatic heterocycles. The van der Waals surface area contributed by atoms with E-state index in [1.165, 1.54) is 12.1 Å². The first kappa shape index (κ1) is 17.1. The predicted octanol–water partition coefficient (Wildman–Crippen LogP) is 6.71. The van der Waals surface area contributed by atoms with Crippen molar-refractivity contribution in [3.05, 3.63) is 90.5 Å². The Balaban J connectivity index is 1.78. The highest BCUT2D eigenvalue weighted by atomic mass is 19.4. The molecule has 1 aromatic heterocycles. The second-order valence-corrected chi connectivity index (χ2v) is 6.02. The van der Waals surface area contributed by atoms with Gasteiger partial charge >= 0.3 is 6.18 Å². The topological polar surface area (TPSA) is 22.1 Å². The lowest BCUT2D eigenvalue weighted by atomic mass is 10.1. The van der Waals surface area contributed by atoms with E-state index in [9.17, 15) is 13.2 Å². The lowest BCUT2D eigenvalue weighted by molar-refractivity contribution is -0.137. The minimum absolute atomic E-state index is 0.317. The molecule has 0 N–H and O–H groups in total. The van der Waals surface area contributed by atoms with Crippen LogP contribution < -0.4 is 4.74 Å². The van der Waals surface area contributed by atoms with Gasteiger partial charge in [-0.15, -0.1) is 0 Å². The number of ether oxygens (including phenoxy) is 1. The maximum Gasteiger partial charge on any atom is 0.416 e. The smallest absolute Gasteiger partial charge is 0.416 e. The van der Waals surface area contributed by atoms with Gasteiger partial charge in [-0.1, -0.05) is 48.5 Å². The third-order valence-electron chi connectivity index (χ3n) is 4.15. The summed E-state index contributed by atoms with van der Waals surface area (Å²) in [4.78, 5) is 4.69. The molecule has 27 heavy (non-hydrogen) atoms. The number of alkyl halides is 3. The molecule has 134 valence electrons. The summed E-state index contributed by atoms with van der Waals surface area (Å²) >= 11 is 0. The van der Waals surface area contributed by atoms with E-state index < -0.39 is 11.7 Å². The van der Waals surface area contributed by atoms with Crippen LogP contribution in [-0.2, 0) is 6.18 Å².